The third-order valence-electron chi connectivity index (χ3n) is 4.20. The summed E-state index contributed by atoms with van der Waals surface area (Å²) in [7, 11) is 0. The first-order chi connectivity index (χ1) is 10.7. The van der Waals surface area contributed by atoms with Crippen LogP contribution in [0.1, 0.15) is 30.5 Å². The second-order valence-electron chi connectivity index (χ2n) is 5.82. The van der Waals surface area contributed by atoms with Gasteiger partial charge < -0.3 is 5.11 Å². The minimum atomic E-state index is 0.00918. The summed E-state index contributed by atoms with van der Waals surface area (Å²) < 4.78 is 0. The molecule has 0 amide bonds. The molecular formula is C20H21NO. The number of aryl methyl sites for hydroxylation is 1. The van der Waals surface area contributed by atoms with Gasteiger partial charge in [0, 0.05) is 17.2 Å². The molecule has 112 valence electrons. The second kappa shape index (κ2) is 6.61. The van der Waals surface area contributed by atoms with Crippen LogP contribution in [0.25, 0.3) is 0 Å². The molecule has 0 radical (unpaired) electrons. The third-order valence-corrected chi connectivity index (χ3v) is 4.20. The lowest BCUT2D eigenvalue weighted by molar-refractivity contribution is 0.432. The number of allylic oxidation sites excluding steroid dienone is 1. The van der Waals surface area contributed by atoms with Crippen LogP contribution in [0.2, 0.25) is 0 Å². The number of phenolic OH excluding ortho intramolecular Hbond substituents is 1. The fourth-order valence-corrected chi connectivity index (χ4v) is 3.00. The van der Waals surface area contributed by atoms with Gasteiger partial charge in [0.05, 0.1) is 6.04 Å². The molecule has 1 heterocycles. The van der Waals surface area contributed by atoms with E-state index in [1.54, 1.807) is 6.07 Å². The predicted molar refractivity (Wildman–Crippen MR) is 91.3 cm³/mol. The Hall–Kier alpha value is -2.35. The van der Waals surface area contributed by atoms with E-state index in [0.29, 0.717) is 11.7 Å². The van der Waals surface area contributed by atoms with Crippen LogP contribution >= 0.6 is 0 Å². The molecule has 2 unspecified atom stereocenters. The normalized spacial score (nSPS) is 20.7. The SMILES string of the molecule is CC1=NC(c2ccccc2O)C(CCc2ccccc2)C=C1. The van der Waals surface area contributed by atoms with Crippen LogP contribution in [0.4, 0.5) is 0 Å². The van der Waals surface area contributed by atoms with E-state index in [-0.39, 0.29) is 6.04 Å². The highest BCUT2D eigenvalue weighted by molar-refractivity contribution is 5.93. The fraction of sp³-hybridized carbons (Fsp3) is 0.250. The molecule has 2 atom stereocenters. The first kappa shape index (κ1) is 14.6. The number of aromatic hydroxyl groups is 1. The van der Waals surface area contributed by atoms with Crippen LogP contribution in [0.3, 0.4) is 0 Å². The minimum Gasteiger partial charge on any atom is -0.508 e. The number of phenols is 1. The summed E-state index contributed by atoms with van der Waals surface area (Å²) in [5.74, 6) is 0.654. The highest BCUT2D eigenvalue weighted by atomic mass is 16.3. The van der Waals surface area contributed by atoms with Gasteiger partial charge in [-0.3, -0.25) is 4.99 Å². The van der Waals surface area contributed by atoms with Crippen molar-refractivity contribution in [2.75, 3.05) is 0 Å². The molecule has 0 bridgehead atoms. The number of hydrogen-bond donors (Lipinski definition) is 1. The van der Waals surface area contributed by atoms with Crippen molar-refractivity contribution in [3.63, 3.8) is 0 Å². The van der Waals surface area contributed by atoms with Gasteiger partial charge in [-0.25, -0.2) is 0 Å². The average molecular weight is 291 g/mol. The average Bonchev–Trinajstić information content (AvgIpc) is 2.55. The number of para-hydroxylation sites is 1. The number of dihydropyridines is 1. The quantitative estimate of drug-likeness (QED) is 0.869. The van der Waals surface area contributed by atoms with Gasteiger partial charge in [-0.2, -0.15) is 0 Å². The highest BCUT2D eigenvalue weighted by Gasteiger charge is 2.25. The van der Waals surface area contributed by atoms with Crippen molar-refractivity contribution in [1.82, 2.24) is 0 Å². The Kier molecular flexibility index (Phi) is 4.38. The molecule has 1 aliphatic rings. The Morgan fingerprint density at radius 2 is 1.73 bits per heavy atom. The van der Waals surface area contributed by atoms with Crippen molar-refractivity contribution >= 4 is 5.71 Å². The lowest BCUT2D eigenvalue weighted by Gasteiger charge is -2.26. The van der Waals surface area contributed by atoms with E-state index in [9.17, 15) is 5.11 Å². The maximum atomic E-state index is 10.2. The highest BCUT2D eigenvalue weighted by Crippen LogP contribution is 2.37. The van der Waals surface area contributed by atoms with Crippen LogP contribution in [0, 0.1) is 5.92 Å². The molecule has 0 aliphatic carbocycles. The molecular weight excluding hydrogens is 270 g/mol. The van der Waals surface area contributed by atoms with E-state index in [4.69, 9.17) is 4.99 Å². The molecule has 2 heteroatoms. The Bertz CT molecular complexity index is 688. The van der Waals surface area contributed by atoms with Crippen LogP contribution in [0.5, 0.6) is 5.75 Å². The standard InChI is InChI=1S/C20H21NO/c1-15-11-13-17(14-12-16-7-3-2-4-8-16)20(21-15)18-9-5-6-10-19(18)22/h2-11,13,17,20,22H,12,14H2,1H3. The Balaban J connectivity index is 1.80. The number of benzene rings is 2. The van der Waals surface area contributed by atoms with Gasteiger partial charge in [0.2, 0.25) is 0 Å². The topological polar surface area (TPSA) is 32.6 Å². The molecule has 0 spiro atoms. The molecule has 0 saturated heterocycles. The number of nitrogens with zero attached hydrogens (tertiary/aromatic N) is 1. The number of rotatable bonds is 4. The van der Waals surface area contributed by atoms with Gasteiger partial charge in [-0.1, -0.05) is 54.6 Å². The maximum Gasteiger partial charge on any atom is 0.120 e. The summed E-state index contributed by atoms with van der Waals surface area (Å²) >= 11 is 0. The van der Waals surface area contributed by atoms with Gasteiger partial charge >= 0.3 is 0 Å². The van der Waals surface area contributed by atoms with Crippen molar-refractivity contribution in [1.29, 1.82) is 0 Å². The third kappa shape index (κ3) is 3.28. The van der Waals surface area contributed by atoms with Gasteiger partial charge in [0.25, 0.3) is 0 Å². The van der Waals surface area contributed by atoms with E-state index in [1.165, 1.54) is 5.56 Å². The van der Waals surface area contributed by atoms with Crippen molar-refractivity contribution in [2.45, 2.75) is 25.8 Å². The van der Waals surface area contributed by atoms with Crippen molar-refractivity contribution in [2.24, 2.45) is 10.9 Å². The van der Waals surface area contributed by atoms with Crippen LogP contribution in [-0.2, 0) is 6.42 Å². The summed E-state index contributed by atoms with van der Waals surface area (Å²) in [6.45, 7) is 2.01. The lowest BCUT2D eigenvalue weighted by atomic mass is 9.86. The van der Waals surface area contributed by atoms with Gasteiger partial charge in [0.15, 0.2) is 0 Å². The van der Waals surface area contributed by atoms with E-state index in [0.717, 1.165) is 24.1 Å². The molecule has 3 rings (SSSR count). The van der Waals surface area contributed by atoms with E-state index in [2.05, 4.69) is 36.4 Å². The first-order valence-corrected chi connectivity index (χ1v) is 7.78. The van der Waals surface area contributed by atoms with Gasteiger partial charge in [-0.05, 0) is 37.5 Å². The molecule has 0 fully saturated rings. The minimum absolute atomic E-state index is 0.00918. The fourth-order valence-electron chi connectivity index (χ4n) is 3.00. The summed E-state index contributed by atoms with van der Waals surface area (Å²) in [6.07, 6.45) is 6.37. The van der Waals surface area contributed by atoms with Gasteiger partial charge in [-0.15, -0.1) is 0 Å². The van der Waals surface area contributed by atoms with Crippen LogP contribution in [0.15, 0.2) is 71.7 Å². The van der Waals surface area contributed by atoms with E-state index < -0.39 is 0 Å². The molecule has 2 aromatic carbocycles. The van der Waals surface area contributed by atoms with Crippen LogP contribution in [-0.4, -0.2) is 10.8 Å². The molecule has 2 nitrogen and oxygen atoms in total. The monoisotopic (exact) mass is 291 g/mol. The number of aliphatic imine (C=N–C) groups is 1. The Labute approximate surface area is 131 Å². The zero-order valence-corrected chi connectivity index (χ0v) is 12.8. The molecule has 2 aromatic rings. The summed E-state index contributed by atoms with van der Waals surface area (Å²) in [6, 6.07) is 18.1. The number of hydrogen-bond acceptors (Lipinski definition) is 2. The Morgan fingerprint density at radius 3 is 2.50 bits per heavy atom. The first-order valence-electron chi connectivity index (χ1n) is 7.78. The molecule has 0 saturated carbocycles. The molecule has 0 aromatic heterocycles. The Morgan fingerprint density at radius 1 is 1.00 bits per heavy atom. The smallest absolute Gasteiger partial charge is 0.120 e. The van der Waals surface area contributed by atoms with Crippen molar-refractivity contribution in [3.05, 3.63) is 77.9 Å². The summed E-state index contributed by atoms with van der Waals surface area (Å²) in [5.41, 5.74) is 3.28. The van der Waals surface area contributed by atoms with Crippen molar-refractivity contribution in [3.8, 4) is 5.75 Å². The van der Waals surface area contributed by atoms with E-state index in [1.807, 2.05) is 31.2 Å². The van der Waals surface area contributed by atoms with Crippen LogP contribution < -0.4 is 0 Å². The zero-order chi connectivity index (χ0) is 15.4. The molecule has 1 aliphatic heterocycles. The summed E-state index contributed by atoms with van der Waals surface area (Å²) in [5, 5.41) is 10.2. The predicted octanol–water partition coefficient (Wildman–Crippen LogP) is 4.71. The summed E-state index contributed by atoms with van der Waals surface area (Å²) in [4.78, 5) is 4.78. The lowest BCUT2D eigenvalue weighted by Crippen LogP contribution is -2.15. The molecule has 1 N–H and O–H groups in total. The van der Waals surface area contributed by atoms with E-state index >= 15 is 0 Å². The van der Waals surface area contributed by atoms with Crippen molar-refractivity contribution < 1.29 is 5.11 Å². The second-order valence-corrected chi connectivity index (χ2v) is 5.82. The maximum absolute atomic E-state index is 10.2. The largest absolute Gasteiger partial charge is 0.508 e. The molecule has 22 heavy (non-hydrogen) atoms. The van der Waals surface area contributed by atoms with Gasteiger partial charge in [0.1, 0.15) is 5.75 Å². The zero-order valence-electron chi connectivity index (χ0n) is 12.8.